The second kappa shape index (κ2) is 7.78. The second-order valence-corrected chi connectivity index (χ2v) is 6.39. The lowest BCUT2D eigenvalue weighted by Crippen LogP contribution is -2.13. The number of rotatable bonds is 5. The summed E-state index contributed by atoms with van der Waals surface area (Å²) in [6.45, 7) is 6.75. The molecule has 1 amide bonds. The van der Waals surface area contributed by atoms with E-state index in [1.807, 2.05) is 44.2 Å². The van der Waals surface area contributed by atoms with Gasteiger partial charge >= 0.3 is 0 Å². The van der Waals surface area contributed by atoms with E-state index in [2.05, 4.69) is 39.7 Å². The Hall–Kier alpha value is -3.21. The van der Waals surface area contributed by atoms with Crippen molar-refractivity contribution in [3.8, 4) is 0 Å². The first-order chi connectivity index (χ1) is 12.5. The topological polar surface area (TPSA) is 66.9 Å². The van der Waals surface area contributed by atoms with Gasteiger partial charge in [0.15, 0.2) is 0 Å². The molecule has 5 heteroatoms. The Morgan fingerprint density at radius 2 is 1.73 bits per heavy atom. The van der Waals surface area contributed by atoms with Crippen molar-refractivity contribution in [1.82, 2.24) is 9.97 Å². The van der Waals surface area contributed by atoms with Crippen LogP contribution in [0.3, 0.4) is 0 Å². The highest BCUT2D eigenvalue weighted by atomic mass is 16.1. The summed E-state index contributed by atoms with van der Waals surface area (Å²) >= 11 is 0. The minimum absolute atomic E-state index is 0.224. The Balaban J connectivity index is 1.61. The van der Waals surface area contributed by atoms with Crippen LogP contribution < -0.4 is 10.6 Å². The number of nitrogens with one attached hydrogen (secondary N) is 2. The number of carbonyl (C=O) groups is 1. The molecule has 0 fully saturated rings. The van der Waals surface area contributed by atoms with Crippen LogP contribution in [0.1, 0.15) is 32.6 Å². The summed E-state index contributed by atoms with van der Waals surface area (Å²) in [5.74, 6) is 0.271. The number of hydrogen-bond acceptors (Lipinski definition) is 4. The van der Waals surface area contributed by atoms with Crippen LogP contribution in [0, 0.1) is 20.8 Å². The quantitative estimate of drug-likeness (QED) is 0.724. The lowest BCUT2D eigenvalue weighted by molar-refractivity contribution is 0.102. The summed E-state index contributed by atoms with van der Waals surface area (Å²) < 4.78 is 0. The normalized spacial score (nSPS) is 10.4. The lowest BCUT2D eigenvalue weighted by Gasteiger charge is -2.08. The molecule has 3 rings (SSSR count). The van der Waals surface area contributed by atoms with Crippen LogP contribution in [-0.2, 0) is 6.54 Å². The first-order valence-corrected chi connectivity index (χ1v) is 8.51. The maximum atomic E-state index is 12.3. The zero-order valence-corrected chi connectivity index (χ0v) is 15.2. The number of anilines is 2. The number of nitrogens with zero attached hydrogens (tertiary/aromatic N) is 2. The van der Waals surface area contributed by atoms with Crippen molar-refractivity contribution in [3.63, 3.8) is 0 Å². The van der Waals surface area contributed by atoms with Crippen LogP contribution in [-0.4, -0.2) is 15.9 Å². The molecular formula is C21H22N4O. The molecule has 132 valence electrons. The van der Waals surface area contributed by atoms with Crippen LogP contribution in [0.2, 0.25) is 0 Å². The zero-order valence-electron chi connectivity index (χ0n) is 15.2. The molecule has 26 heavy (non-hydrogen) atoms. The molecule has 0 aliphatic carbocycles. The van der Waals surface area contributed by atoms with Crippen molar-refractivity contribution in [2.45, 2.75) is 27.3 Å². The van der Waals surface area contributed by atoms with Crippen molar-refractivity contribution in [3.05, 3.63) is 82.7 Å². The SMILES string of the molecule is Cc1cccc(CNc2ncc(C(=O)Nc3ccc(C)c(C)c3)cn2)c1. The van der Waals surface area contributed by atoms with E-state index in [9.17, 15) is 4.79 Å². The van der Waals surface area contributed by atoms with Gasteiger partial charge in [0, 0.05) is 24.6 Å². The van der Waals surface area contributed by atoms with Crippen LogP contribution in [0.25, 0.3) is 0 Å². The average Bonchev–Trinajstić information content (AvgIpc) is 2.63. The number of hydrogen-bond donors (Lipinski definition) is 2. The maximum absolute atomic E-state index is 12.3. The Kier molecular flexibility index (Phi) is 5.27. The highest BCUT2D eigenvalue weighted by molar-refractivity contribution is 6.03. The van der Waals surface area contributed by atoms with Gasteiger partial charge in [0.25, 0.3) is 5.91 Å². The van der Waals surface area contributed by atoms with Gasteiger partial charge in [-0.25, -0.2) is 9.97 Å². The van der Waals surface area contributed by atoms with Crippen LogP contribution >= 0.6 is 0 Å². The maximum Gasteiger partial charge on any atom is 0.258 e. The zero-order chi connectivity index (χ0) is 18.5. The minimum atomic E-state index is -0.224. The third-order valence-corrected chi connectivity index (χ3v) is 4.21. The van der Waals surface area contributed by atoms with Gasteiger partial charge < -0.3 is 10.6 Å². The third kappa shape index (κ3) is 4.45. The van der Waals surface area contributed by atoms with Gasteiger partial charge in [0.2, 0.25) is 5.95 Å². The number of benzene rings is 2. The molecule has 0 aliphatic heterocycles. The standard InChI is InChI=1S/C21H22N4O/c1-14-5-4-6-17(9-14)11-22-21-23-12-18(13-24-21)20(26)25-19-8-7-15(2)16(3)10-19/h4-10,12-13H,11H2,1-3H3,(H,25,26)(H,22,23,24). The molecule has 0 unspecified atom stereocenters. The van der Waals surface area contributed by atoms with Gasteiger partial charge in [-0.3, -0.25) is 4.79 Å². The van der Waals surface area contributed by atoms with E-state index in [1.165, 1.54) is 23.5 Å². The average molecular weight is 346 g/mol. The van der Waals surface area contributed by atoms with Crippen molar-refractivity contribution in [1.29, 1.82) is 0 Å². The van der Waals surface area contributed by atoms with Gasteiger partial charge in [0.05, 0.1) is 5.56 Å². The number of aromatic nitrogens is 2. The van der Waals surface area contributed by atoms with E-state index in [1.54, 1.807) is 0 Å². The molecule has 0 saturated heterocycles. The molecule has 0 saturated carbocycles. The van der Waals surface area contributed by atoms with Crippen LogP contribution in [0.5, 0.6) is 0 Å². The molecular weight excluding hydrogens is 324 g/mol. The van der Waals surface area contributed by atoms with E-state index < -0.39 is 0 Å². The first kappa shape index (κ1) is 17.6. The first-order valence-electron chi connectivity index (χ1n) is 8.51. The summed E-state index contributed by atoms with van der Waals surface area (Å²) in [6, 6.07) is 14.1. The fraction of sp³-hybridized carbons (Fsp3) is 0.190. The van der Waals surface area contributed by atoms with Crippen molar-refractivity contribution in [2.24, 2.45) is 0 Å². The Morgan fingerprint density at radius 1 is 0.962 bits per heavy atom. The molecule has 3 aromatic rings. The lowest BCUT2D eigenvalue weighted by atomic mass is 10.1. The van der Waals surface area contributed by atoms with Gasteiger partial charge in [-0.1, -0.05) is 35.9 Å². The van der Waals surface area contributed by atoms with Gasteiger partial charge in [-0.05, 0) is 49.6 Å². The molecule has 0 radical (unpaired) electrons. The van der Waals surface area contributed by atoms with Crippen molar-refractivity contribution >= 4 is 17.5 Å². The minimum Gasteiger partial charge on any atom is -0.350 e. The van der Waals surface area contributed by atoms with E-state index in [4.69, 9.17) is 0 Å². The molecule has 2 aromatic carbocycles. The summed E-state index contributed by atoms with van der Waals surface area (Å²) in [5, 5.41) is 6.03. The number of amides is 1. The molecule has 2 N–H and O–H groups in total. The smallest absolute Gasteiger partial charge is 0.258 e. The number of aryl methyl sites for hydroxylation is 3. The van der Waals surface area contributed by atoms with Gasteiger partial charge in [-0.2, -0.15) is 0 Å². The highest BCUT2D eigenvalue weighted by Crippen LogP contribution is 2.15. The van der Waals surface area contributed by atoms with Crippen molar-refractivity contribution < 1.29 is 4.79 Å². The summed E-state index contributed by atoms with van der Waals surface area (Å²) in [7, 11) is 0. The predicted molar refractivity (Wildman–Crippen MR) is 104 cm³/mol. The summed E-state index contributed by atoms with van der Waals surface area (Å²) in [4.78, 5) is 20.8. The molecule has 0 spiro atoms. The second-order valence-electron chi connectivity index (χ2n) is 6.39. The van der Waals surface area contributed by atoms with Gasteiger partial charge in [0.1, 0.15) is 0 Å². The molecule has 0 bridgehead atoms. The summed E-state index contributed by atoms with van der Waals surface area (Å²) in [6.07, 6.45) is 3.06. The third-order valence-electron chi connectivity index (χ3n) is 4.21. The monoisotopic (exact) mass is 346 g/mol. The highest BCUT2D eigenvalue weighted by Gasteiger charge is 2.08. The largest absolute Gasteiger partial charge is 0.350 e. The summed E-state index contributed by atoms with van der Waals surface area (Å²) in [5.41, 5.74) is 5.88. The van der Waals surface area contributed by atoms with E-state index in [-0.39, 0.29) is 5.91 Å². The van der Waals surface area contributed by atoms with Crippen LogP contribution in [0.4, 0.5) is 11.6 Å². The van der Waals surface area contributed by atoms with E-state index in [0.29, 0.717) is 18.1 Å². The van der Waals surface area contributed by atoms with E-state index >= 15 is 0 Å². The fourth-order valence-electron chi connectivity index (χ4n) is 2.56. The van der Waals surface area contributed by atoms with Crippen LogP contribution in [0.15, 0.2) is 54.9 Å². The Morgan fingerprint density at radius 3 is 2.42 bits per heavy atom. The molecule has 1 heterocycles. The predicted octanol–water partition coefficient (Wildman–Crippen LogP) is 4.27. The molecule has 5 nitrogen and oxygen atoms in total. The molecule has 1 aromatic heterocycles. The molecule has 0 aliphatic rings. The Bertz CT molecular complexity index is 920. The van der Waals surface area contributed by atoms with Gasteiger partial charge in [-0.15, -0.1) is 0 Å². The fourth-order valence-corrected chi connectivity index (χ4v) is 2.56. The number of carbonyl (C=O) groups excluding carboxylic acids is 1. The van der Waals surface area contributed by atoms with Crippen molar-refractivity contribution in [2.75, 3.05) is 10.6 Å². The molecule has 0 atom stereocenters. The Labute approximate surface area is 153 Å². The van der Waals surface area contributed by atoms with E-state index in [0.717, 1.165) is 16.8 Å².